The third-order valence-corrected chi connectivity index (χ3v) is 5.28. The molecular weight excluding hydrogens is 332 g/mol. The Morgan fingerprint density at radius 2 is 1.96 bits per heavy atom. The van der Waals surface area contributed by atoms with Crippen molar-refractivity contribution in [3.63, 3.8) is 0 Å². The lowest BCUT2D eigenvalue weighted by molar-refractivity contribution is 0.156. The molecule has 1 heterocycles. The summed E-state index contributed by atoms with van der Waals surface area (Å²) in [5, 5.41) is 8.80. The van der Waals surface area contributed by atoms with E-state index in [4.69, 9.17) is 4.52 Å². The zero-order valence-corrected chi connectivity index (χ0v) is 15.3. The monoisotopic (exact) mass is 358 g/mol. The first-order valence-electron chi connectivity index (χ1n) is 8.21. The number of hydrogen-bond acceptors (Lipinski definition) is 6. The Bertz CT molecular complexity index is 663. The number of aromatic nitrogens is 2. The molecule has 24 heavy (non-hydrogen) atoms. The Morgan fingerprint density at radius 1 is 1.29 bits per heavy atom. The molecule has 1 saturated carbocycles. The summed E-state index contributed by atoms with van der Waals surface area (Å²) in [5.41, 5.74) is 0.0219. The number of nitrogens with one attached hydrogen (secondary N) is 2. The number of rotatable bonds is 6. The van der Waals surface area contributed by atoms with Crippen molar-refractivity contribution in [2.45, 2.75) is 51.7 Å². The molecule has 0 saturated heterocycles. The Kier molecular flexibility index (Phi) is 5.84. The number of anilines is 1. The molecule has 9 heteroatoms. The maximum Gasteiger partial charge on any atom is 0.329 e. The van der Waals surface area contributed by atoms with E-state index in [1.807, 2.05) is 0 Å². The third kappa shape index (κ3) is 5.77. The number of hydrogen-bond donors (Lipinski definition) is 2. The van der Waals surface area contributed by atoms with Crippen LogP contribution in [0, 0.1) is 11.3 Å². The first-order chi connectivity index (χ1) is 11.2. The van der Waals surface area contributed by atoms with Gasteiger partial charge in [-0.25, -0.2) is 13.2 Å². The van der Waals surface area contributed by atoms with Gasteiger partial charge in [0.15, 0.2) is 15.7 Å². The van der Waals surface area contributed by atoms with E-state index in [-0.39, 0.29) is 23.0 Å². The van der Waals surface area contributed by atoms with Crippen molar-refractivity contribution >= 4 is 21.9 Å². The second kappa shape index (κ2) is 7.50. The molecule has 1 aliphatic rings. The molecule has 1 aliphatic carbocycles. The first-order valence-corrected chi connectivity index (χ1v) is 10.3. The maximum atomic E-state index is 12.0. The minimum Gasteiger partial charge on any atom is -0.337 e. The number of carbonyl (C=O) groups is 1. The summed E-state index contributed by atoms with van der Waals surface area (Å²) in [6, 6.07) is -0.546. The Balaban J connectivity index is 1.82. The minimum absolute atomic E-state index is 0.0219. The Hall–Kier alpha value is -1.64. The molecule has 0 bridgehead atoms. The molecule has 8 nitrogen and oxygen atoms in total. The molecule has 0 spiro atoms. The van der Waals surface area contributed by atoms with Crippen LogP contribution in [0.3, 0.4) is 0 Å². The average Bonchev–Trinajstić information content (AvgIpc) is 2.91. The summed E-state index contributed by atoms with van der Waals surface area (Å²) in [4.78, 5) is 15.8. The van der Waals surface area contributed by atoms with Crippen LogP contribution in [0.25, 0.3) is 0 Å². The van der Waals surface area contributed by atoms with Crippen molar-refractivity contribution < 1.29 is 17.7 Å². The molecule has 0 aliphatic heterocycles. The third-order valence-electron chi connectivity index (χ3n) is 4.49. The number of sulfone groups is 1. The quantitative estimate of drug-likeness (QED) is 0.807. The highest BCUT2D eigenvalue weighted by molar-refractivity contribution is 7.89. The largest absolute Gasteiger partial charge is 0.337 e. The van der Waals surface area contributed by atoms with Gasteiger partial charge in [0.25, 0.3) is 0 Å². The average molecular weight is 358 g/mol. The van der Waals surface area contributed by atoms with Gasteiger partial charge >= 0.3 is 12.0 Å². The Labute approximate surface area is 142 Å². The molecule has 2 amide bonds. The zero-order chi connectivity index (χ0) is 17.8. The van der Waals surface area contributed by atoms with E-state index in [9.17, 15) is 13.2 Å². The maximum absolute atomic E-state index is 12.0. The first kappa shape index (κ1) is 18.7. The van der Waals surface area contributed by atoms with Crippen LogP contribution in [0.4, 0.5) is 10.8 Å². The molecule has 136 valence electrons. The molecule has 1 fully saturated rings. The van der Waals surface area contributed by atoms with Crippen molar-refractivity contribution in [1.82, 2.24) is 15.5 Å². The lowest BCUT2D eigenvalue weighted by atomic mass is 9.71. The van der Waals surface area contributed by atoms with E-state index in [2.05, 4.69) is 34.6 Å². The van der Waals surface area contributed by atoms with E-state index in [0.29, 0.717) is 12.5 Å². The lowest BCUT2D eigenvalue weighted by Gasteiger charge is -2.37. The molecule has 1 aromatic rings. The van der Waals surface area contributed by atoms with Crippen molar-refractivity contribution in [2.24, 2.45) is 11.3 Å². The number of urea groups is 1. The van der Waals surface area contributed by atoms with Gasteiger partial charge in [-0.15, -0.1) is 0 Å². The van der Waals surface area contributed by atoms with Gasteiger partial charge in [0, 0.05) is 12.8 Å². The summed E-state index contributed by atoms with van der Waals surface area (Å²) in [5.74, 6) is 0.306. The second-order valence-corrected chi connectivity index (χ2v) is 9.36. The number of carbonyl (C=O) groups excluding carboxylic acids is 1. The van der Waals surface area contributed by atoms with Crippen LogP contribution in [0.5, 0.6) is 0 Å². The molecule has 0 aromatic carbocycles. The highest BCUT2D eigenvalue weighted by Gasteiger charge is 2.31. The van der Waals surface area contributed by atoms with E-state index < -0.39 is 15.9 Å². The summed E-state index contributed by atoms with van der Waals surface area (Å²) >= 11 is 0. The van der Waals surface area contributed by atoms with E-state index in [0.717, 1.165) is 6.26 Å². The standard InChI is InChI=1S/C15H26N4O4S/c1-15(2,11-7-5-4-6-8-11)10-16-13(20)18-14-17-12(19-23-14)9-24(3,21)22/h11H,4-10H2,1-3H3,(H2,16,17,18,19,20). The predicted molar refractivity (Wildman–Crippen MR) is 90.2 cm³/mol. The summed E-state index contributed by atoms with van der Waals surface area (Å²) in [6.07, 6.45) is 7.30. The smallest absolute Gasteiger partial charge is 0.329 e. The highest BCUT2D eigenvalue weighted by Crippen LogP contribution is 2.37. The molecule has 2 rings (SSSR count). The normalized spacial score (nSPS) is 16.8. The van der Waals surface area contributed by atoms with Crippen LogP contribution < -0.4 is 10.6 Å². The van der Waals surface area contributed by atoms with Gasteiger partial charge < -0.3 is 9.84 Å². The summed E-state index contributed by atoms with van der Waals surface area (Å²) < 4.78 is 27.2. The van der Waals surface area contributed by atoms with Crippen LogP contribution in [0.2, 0.25) is 0 Å². The van der Waals surface area contributed by atoms with Gasteiger partial charge in [-0.2, -0.15) is 4.98 Å². The number of amides is 2. The van der Waals surface area contributed by atoms with Gasteiger partial charge in [-0.05, 0) is 24.2 Å². The van der Waals surface area contributed by atoms with E-state index in [1.54, 1.807) is 0 Å². The van der Waals surface area contributed by atoms with Gasteiger partial charge in [0.1, 0.15) is 5.75 Å². The van der Waals surface area contributed by atoms with Crippen molar-refractivity contribution in [1.29, 1.82) is 0 Å². The fraction of sp³-hybridized carbons (Fsp3) is 0.800. The van der Waals surface area contributed by atoms with Gasteiger partial charge in [0.2, 0.25) is 0 Å². The van der Waals surface area contributed by atoms with E-state index in [1.165, 1.54) is 32.1 Å². The van der Waals surface area contributed by atoms with Gasteiger partial charge in [-0.1, -0.05) is 38.3 Å². The zero-order valence-electron chi connectivity index (χ0n) is 14.5. The van der Waals surface area contributed by atoms with Crippen LogP contribution >= 0.6 is 0 Å². The lowest BCUT2D eigenvalue weighted by Crippen LogP contribution is -2.41. The predicted octanol–water partition coefficient (Wildman–Crippen LogP) is 2.34. The van der Waals surface area contributed by atoms with Gasteiger partial charge in [0.05, 0.1) is 0 Å². The molecule has 0 atom stereocenters. The topological polar surface area (TPSA) is 114 Å². The summed E-state index contributed by atoms with van der Waals surface area (Å²) in [7, 11) is -3.25. The van der Waals surface area contributed by atoms with Crippen LogP contribution in [-0.4, -0.2) is 37.4 Å². The number of nitrogens with zero attached hydrogens (tertiary/aromatic N) is 2. The SMILES string of the molecule is CC(C)(CNC(=O)Nc1nc(CS(C)(=O)=O)no1)C1CCCCC1. The molecule has 0 unspecified atom stereocenters. The van der Waals surface area contributed by atoms with Gasteiger partial charge in [-0.3, -0.25) is 5.32 Å². The highest BCUT2D eigenvalue weighted by atomic mass is 32.2. The van der Waals surface area contributed by atoms with Crippen LogP contribution in [-0.2, 0) is 15.6 Å². The van der Waals surface area contributed by atoms with Crippen molar-refractivity contribution in [3.8, 4) is 0 Å². The minimum atomic E-state index is -3.25. The summed E-state index contributed by atoms with van der Waals surface area (Å²) in [6.45, 7) is 4.88. The fourth-order valence-electron chi connectivity index (χ4n) is 3.08. The Morgan fingerprint density at radius 3 is 2.58 bits per heavy atom. The fourth-order valence-corrected chi connectivity index (χ4v) is 3.66. The molecule has 1 aromatic heterocycles. The molecule has 0 radical (unpaired) electrons. The van der Waals surface area contributed by atoms with Crippen molar-refractivity contribution in [2.75, 3.05) is 18.1 Å². The van der Waals surface area contributed by atoms with Crippen molar-refractivity contribution in [3.05, 3.63) is 5.82 Å². The van der Waals surface area contributed by atoms with Crippen LogP contribution in [0.15, 0.2) is 4.52 Å². The molecular formula is C15H26N4O4S. The second-order valence-electron chi connectivity index (χ2n) is 7.22. The van der Waals surface area contributed by atoms with Crippen LogP contribution in [0.1, 0.15) is 51.8 Å². The molecule has 2 N–H and O–H groups in total. The van der Waals surface area contributed by atoms with E-state index >= 15 is 0 Å².